The van der Waals surface area contributed by atoms with Crippen LogP contribution in [-0.2, 0) is 0 Å². The van der Waals surface area contributed by atoms with Crippen molar-refractivity contribution in [3.8, 4) is 67.5 Å². The van der Waals surface area contributed by atoms with Gasteiger partial charge in [0.1, 0.15) is 0 Å². The lowest BCUT2D eigenvalue weighted by atomic mass is 10.00. The summed E-state index contributed by atoms with van der Waals surface area (Å²) in [6, 6.07) is 82.3. The third kappa shape index (κ3) is 6.08. The molecule has 0 N–H and O–H groups in total. The molecule has 4 nitrogen and oxygen atoms in total. The van der Waals surface area contributed by atoms with Crippen molar-refractivity contribution < 1.29 is 0 Å². The molecule has 0 aliphatic carbocycles. The first kappa shape index (κ1) is 35.6. The number of hydrogen-bond donors (Lipinski definition) is 0. The number of fused-ring (bicyclic) bond motifs is 6. The highest BCUT2D eigenvalue weighted by Crippen LogP contribution is 2.39. The Kier molecular flexibility index (Phi) is 8.46. The second-order valence-electron chi connectivity index (χ2n) is 15.8. The summed E-state index contributed by atoms with van der Waals surface area (Å²) in [5, 5.41) is 4.92. The third-order valence-electron chi connectivity index (χ3n) is 12.1. The molecule has 3 heterocycles. The summed E-state index contributed by atoms with van der Waals surface area (Å²) in [6.45, 7) is 0. The predicted octanol–water partition coefficient (Wildman–Crippen LogP) is 15.0. The van der Waals surface area contributed by atoms with Gasteiger partial charge < -0.3 is 9.13 Å². The van der Waals surface area contributed by atoms with Crippen molar-refractivity contribution in [3.63, 3.8) is 0 Å². The average Bonchev–Trinajstić information content (AvgIpc) is 3.87. The number of benzene rings is 9. The first-order valence-electron chi connectivity index (χ1n) is 21.1. The molecule has 0 saturated carbocycles. The van der Waals surface area contributed by atoms with E-state index in [2.05, 4.69) is 215 Å². The summed E-state index contributed by atoms with van der Waals surface area (Å²) in [5.74, 6) is 0.705. The average molecular weight is 791 g/mol. The Morgan fingerprint density at radius 3 is 1.18 bits per heavy atom. The summed E-state index contributed by atoms with van der Waals surface area (Å²) in [4.78, 5) is 10.1. The summed E-state index contributed by atoms with van der Waals surface area (Å²) < 4.78 is 4.86. The third-order valence-corrected chi connectivity index (χ3v) is 12.1. The maximum Gasteiger partial charge on any atom is 0.160 e. The largest absolute Gasteiger partial charge is 0.309 e. The van der Waals surface area contributed by atoms with Crippen LogP contribution in [0, 0.1) is 0 Å². The van der Waals surface area contributed by atoms with E-state index in [1.165, 1.54) is 54.7 Å². The van der Waals surface area contributed by atoms with E-state index in [9.17, 15) is 0 Å². The van der Waals surface area contributed by atoms with E-state index in [4.69, 9.17) is 9.97 Å². The van der Waals surface area contributed by atoms with E-state index in [0.29, 0.717) is 5.82 Å². The smallest absolute Gasteiger partial charge is 0.160 e. The van der Waals surface area contributed by atoms with Gasteiger partial charge in [0.05, 0.1) is 33.5 Å². The lowest BCUT2D eigenvalue weighted by Gasteiger charge is -2.16. The Balaban J connectivity index is 1.06. The molecule has 0 unspecified atom stereocenters. The van der Waals surface area contributed by atoms with Crippen LogP contribution in [0.4, 0.5) is 0 Å². The number of rotatable bonds is 7. The molecule has 4 heteroatoms. The summed E-state index contributed by atoms with van der Waals surface area (Å²) in [7, 11) is 0. The zero-order chi connectivity index (χ0) is 41.0. The van der Waals surface area contributed by atoms with E-state index in [1.54, 1.807) is 0 Å². The van der Waals surface area contributed by atoms with Crippen molar-refractivity contribution in [1.82, 2.24) is 19.1 Å². The van der Waals surface area contributed by atoms with Gasteiger partial charge >= 0.3 is 0 Å². The molecular formula is C58H38N4. The van der Waals surface area contributed by atoms with E-state index < -0.39 is 0 Å². The van der Waals surface area contributed by atoms with E-state index in [0.717, 1.165) is 50.6 Å². The van der Waals surface area contributed by atoms with E-state index in [1.807, 2.05) is 24.3 Å². The lowest BCUT2D eigenvalue weighted by molar-refractivity contribution is 1.13. The maximum atomic E-state index is 5.12. The van der Waals surface area contributed by atoms with Crippen LogP contribution < -0.4 is 0 Å². The van der Waals surface area contributed by atoms with Gasteiger partial charge in [-0.05, 0) is 76.9 Å². The highest BCUT2D eigenvalue weighted by Gasteiger charge is 2.18. The van der Waals surface area contributed by atoms with Crippen molar-refractivity contribution in [2.45, 2.75) is 0 Å². The highest BCUT2D eigenvalue weighted by molar-refractivity contribution is 6.11. The first-order valence-corrected chi connectivity index (χ1v) is 21.1. The van der Waals surface area contributed by atoms with Crippen LogP contribution >= 0.6 is 0 Å². The molecule has 0 bridgehead atoms. The zero-order valence-electron chi connectivity index (χ0n) is 33.7. The van der Waals surface area contributed by atoms with Crippen LogP contribution in [0.15, 0.2) is 231 Å². The van der Waals surface area contributed by atoms with Crippen molar-refractivity contribution in [1.29, 1.82) is 0 Å². The SMILES string of the molecule is c1ccc(-c2ccc3c(c2)c2ccccc2n3-c2cc(-c3ccc(-c4cc(-c5ccccc5)nc(-c5ccccc5)n4)cc3)cc(-n3c4ccccc4c4ccccc43)c2)cc1. The molecule has 9 aromatic carbocycles. The molecule has 0 fully saturated rings. The van der Waals surface area contributed by atoms with Crippen LogP contribution in [0.2, 0.25) is 0 Å². The van der Waals surface area contributed by atoms with Crippen molar-refractivity contribution in [3.05, 3.63) is 231 Å². The topological polar surface area (TPSA) is 35.6 Å². The molecule has 0 saturated heterocycles. The minimum atomic E-state index is 0.705. The second kappa shape index (κ2) is 14.7. The predicted molar refractivity (Wildman–Crippen MR) is 258 cm³/mol. The van der Waals surface area contributed by atoms with Crippen molar-refractivity contribution in [2.75, 3.05) is 0 Å². The molecule has 290 valence electrons. The minimum absolute atomic E-state index is 0.705. The Labute approximate surface area is 359 Å². The first-order chi connectivity index (χ1) is 30.7. The van der Waals surface area contributed by atoms with Gasteiger partial charge in [0.15, 0.2) is 5.82 Å². The fourth-order valence-corrected chi connectivity index (χ4v) is 9.18. The molecular weight excluding hydrogens is 753 g/mol. The fourth-order valence-electron chi connectivity index (χ4n) is 9.18. The summed E-state index contributed by atoms with van der Waals surface area (Å²) in [6.07, 6.45) is 0. The number of hydrogen-bond acceptors (Lipinski definition) is 2. The van der Waals surface area contributed by atoms with Crippen LogP contribution in [0.3, 0.4) is 0 Å². The van der Waals surface area contributed by atoms with Gasteiger partial charge in [0, 0.05) is 49.6 Å². The van der Waals surface area contributed by atoms with Gasteiger partial charge in [0.25, 0.3) is 0 Å². The van der Waals surface area contributed by atoms with Crippen molar-refractivity contribution in [2.24, 2.45) is 0 Å². The van der Waals surface area contributed by atoms with Gasteiger partial charge in [-0.15, -0.1) is 0 Å². The van der Waals surface area contributed by atoms with Gasteiger partial charge in [-0.1, -0.05) is 176 Å². The molecule has 0 amide bonds. The Hall–Kier alpha value is -8.34. The molecule has 0 radical (unpaired) electrons. The summed E-state index contributed by atoms with van der Waals surface area (Å²) in [5.41, 5.74) is 16.4. The molecule has 0 aliphatic heterocycles. The van der Waals surface area contributed by atoms with Crippen LogP contribution in [0.25, 0.3) is 111 Å². The lowest BCUT2D eigenvalue weighted by Crippen LogP contribution is -2.00. The standard InChI is InChI=1S/C58H38N4/c1-4-16-39(17-5-1)44-32-33-57-51(36-44)50-24-12-15-27-56(50)62(57)47-35-45(34-46(37-47)61-54-25-13-10-22-48(54)49-23-11-14-26-55(49)61)40-28-30-42(31-29-40)53-38-52(41-18-6-2-7-19-41)59-58(60-53)43-20-8-3-9-21-43/h1-38H. The van der Waals surface area contributed by atoms with Crippen LogP contribution in [0.1, 0.15) is 0 Å². The molecule has 12 aromatic rings. The quantitative estimate of drug-likeness (QED) is 0.161. The molecule has 12 rings (SSSR count). The molecule has 0 aliphatic rings. The highest BCUT2D eigenvalue weighted by atomic mass is 15.0. The Morgan fingerprint density at radius 2 is 0.629 bits per heavy atom. The molecule has 0 atom stereocenters. The minimum Gasteiger partial charge on any atom is -0.309 e. The van der Waals surface area contributed by atoms with Gasteiger partial charge in [-0.25, -0.2) is 9.97 Å². The zero-order valence-corrected chi connectivity index (χ0v) is 33.7. The van der Waals surface area contributed by atoms with Gasteiger partial charge in [0.2, 0.25) is 0 Å². The number of para-hydroxylation sites is 3. The van der Waals surface area contributed by atoms with Crippen molar-refractivity contribution >= 4 is 43.6 Å². The van der Waals surface area contributed by atoms with E-state index in [-0.39, 0.29) is 0 Å². The molecule has 3 aromatic heterocycles. The normalized spacial score (nSPS) is 11.5. The molecule has 0 spiro atoms. The Morgan fingerprint density at radius 1 is 0.242 bits per heavy atom. The summed E-state index contributed by atoms with van der Waals surface area (Å²) >= 11 is 0. The van der Waals surface area contributed by atoms with Crippen LogP contribution in [-0.4, -0.2) is 19.1 Å². The van der Waals surface area contributed by atoms with Gasteiger partial charge in [-0.2, -0.15) is 0 Å². The second-order valence-corrected chi connectivity index (χ2v) is 15.8. The monoisotopic (exact) mass is 790 g/mol. The van der Waals surface area contributed by atoms with Gasteiger partial charge in [-0.3, -0.25) is 0 Å². The Bertz CT molecular complexity index is 3490. The maximum absolute atomic E-state index is 5.12. The molecule has 62 heavy (non-hydrogen) atoms. The number of nitrogens with zero attached hydrogens (tertiary/aromatic N) is 4. The van der Waals surface area contributed by atoms with E-state index >= 15 is 0 Å². The number of aromatic nitrogens is 4. The fraction of sp³-hybridized carbons (Fsp3) is 0. The van der Waals surface area contributed by atoms with Crippen LogP contribution in [0.5, 0.6) is 0 Å².